The number of hydrogen-bond donors (Lipinski definition) is 0. The average molecular weight is 611 g/mol. The van der Waals surface area contributed by atoms with Crippen molar-refractivity contribution in [2.75, 3.05) is 0 Å². The topological polar surface area (TPSA) is 173 Å². The predicted molar refractivity (Wildman–Crippen MR) is 148 cm³/mol. The first-order valence-corrected chi connectivity index (χ1v) is 16.4. The lowest BCUT2D eigenvalue weighted by atomic mass is 9.60. The van der Waals surface area contributed by atoms with Crippen LogP contribution in [0.2, 0.25) is 0 Å². The van der Waals surface area contributed by atoms with Crippen molar-refractivity contribution in [1.29, 1.82) is 0 Å². The number of rotatable bonds is 10. The Kier molecular flexibility index (Phi) is 9.16. The van der Waals surface area contributed by atoms with Crippen LogP contribution in [0, 0.1) is 37.5 Å². The molecular formula is C27H34N2O10S2. The van der Waals surface area contributed by atoms with Crippen LogP contribution in [0.3, 0.4) is 0 Å². The zero-order chi connectivity index (χ0) is 30.0. The average Bonchev–Trinajstić information content (AvgIpc) is 2.93. The van der Waals surface area contributed by atoms with Crippen molar-refractivity contribution < 1.29 is 35.0 Å². The number of nitro benzene ring substituents is 2. The van der Waals surface area contributed by atoms with Gasteiger partial charge >= 0.3 is 20.2 Å². The lowest BCUT2D eigenvalue weighted by molar-refractivity contribution is -0.388. The SMILES string of the molecule is CC(C)(C1CCC(OS(=O)(=O)c2ccccc2[N+](=O)[O-])CC1)C1CCC(OS(=O)(=O)c2ccccc2[N+](=O)[O-])CC1. The predicted octanol–water partition coefficient (Wildman–Crippen LogP) is 5.76. The Bertz CT molecular complexity index is 1380. The lowest BCUT2D eigenvalue weighted by Gasteiger charge is -2.46. The quantitative estimate of drug-likeness (QED) is 0.183. The third kappa shape index (κ3) is 6.93. The van der Waals surface area contributed by atoms with Gasteiger partial charge in [0.15, 0.2) is 9.79 Å². The second kappa shape index (κ2) is 12.1. The Morgan fingerprint density at radius 2 is 0.951 bits per heavy atom. The molecule has 0 heterocycles. The molecule has 0 aliphatic heterocycles. The van der Waals surface area contributed by atoms with Gasteiger partial charge in [-0.3, -0.25) is 28.6 Å². The van der Waals surface area contributed by atoms with E-state index in [1.165, 1.54) is 36.4 Å². The second-order valence-electron chi connectivity index (χ2n) is 11.3. The van der Waals surface area contributed by atoms with Gasteiger partial charge in [-0.15, -0.1) is 0 Å². The molecule has 0 N–H and O–H groups in total. The van der Waals surface area contributed by atoms with E-state index in [1.807, 2.05) is 0 Å². The van der Waals surface area contributed by atoms with Gasteiger partial charge in [0.2, 0.25) is 0 Å². The maximum atomic E-state index is 12.8. The molecule has 2 saturated carbocycles. The molecule has 2 aliphatic carbocycles. The molecule has 0 atom stereocenters. The van der Waals surface area contributed by atoms with Gasteiger partial charge in [0.05, 0.1) is 22.1 Å². The van der Waals surface area contributed by atoms with Crippen molar-refractivity contribution >= 4 is 31.6 Å². The Hall–Kier alpha value is -2.94. The van der Waals surface area contributed by atoms with Crippen LogP contribution in [0.4, 0.5) is 11.4 Å². The third-order valence-electron chi connectivity index (χ3n) is 8.64. The highest BCUT2D eigenvalue weighted by molar-refractivity contribution is 7.87. The van der Waals surface area contributed by atoms with Crippen LogP contribution in [-0.2, 0) is 28.6 Å². The van der Waals surface area contributed by atoms with Gasteiger partial charge in [-0.25, -0.2) is 0 Å². The zero-order valence-electron chi connectivity index (χ0n) is 22.9. The van der Waals surface area contributed by atoms with E-state index in [1.54, 1.807) is 0 Å². The molecule has 2 aromatic carbocycles. The Balaban J connectivity index is 1.32. The summed E-state index contributed by atoms with van der Waals surface area (Å²) in [5.41, 5.74) is -1.14. The molecule has 0 spiro atoms. The molecule has 0 amide bonds. The number of nitrogens with zero attached hydrogens (tertiary/aromatic N) is 2. The summed E-state index contributed by atoms with van der Waals surface area (Å²) in [6.07, 6.45) is 3.78. The van der Waals surface area contributed by atoms with Gasteiger partial charge in [0, 0.05) is 12.1 Å². The van der Waals surface area contributed by atoms with E-state index in [2.05, 4.69) is 13.8 Å². The van der Waals surface area contributed by atoms with Crippen molar-refractivity contribution in [3.8, 4) is 0 Å². The molecule has 2 aromatic rings. The minimum absolute atomic E-state index is 0.107. The summed E-state index contributed by atoms with van der Waals surface area (Å²) in [6, 6.07) is 10.3. The highest BCUT2D eigenvalue weighted by Crippen LogP contribution is 2.49. The van der Waals surface area contributed by atoms with Crippen LogP contribution in [0.5, 0.6) is 0 Å². The summed E-state index contributed by atoms with van der Waals surface area (Å²) in [5, 5.41) is 22.6. The minimum Gasteiger partial charge on any atom is -0.263 e. The van der Waals surface area contributed by atoms with E-state index in [0.29, 0.717) is 25.7 Å². The standard InChI is InChI=1S/C27H34N2O10S2/c1-27(2,19-11-15-21(16-12-19)38-40(34,35)25-9-5-3-7-23(25)28(30)31)20-13-17-22(18-14-20)39-41(36,37)26-10-6-4-8-24(26)29(32)33/h3-10,19-22H,11-18H2,1-2H3. The molecule has 2 aliphatic rings. The number of para-hydroxylation sites is 2. The van der Waals surface area contributed by atoms with Crippen molar-refractivity contribution in [3.63, 3.8) is 0 Å². The Morgan fingerprint density at radius 3 is 1.27 bits per heavy atom. The van der Waals surface area contributed by atoms with E-state index >= 15 is 0 Å². The molecule has 4 rings (SSSR count). The molecule has 0 bridgehead atoms. The van der Waals surface area contributed by atoms with Gasteiger partial charge in [0.1, 0.15) is 0 Å². The summed E-state index contributed by atoms with van der Waals surface area (Å²) in [5.74, 6) is 0.573. The lowest BCUT2D eigenvalue weighted by Crippen LogP contribution is -2.39. The highest BCUT2D eigenvalue weighted by Gasteiger charge is 2.42. The van der Waals surface area contributed by atoms with E-state index in [9.17, 15) is 37.1 Å². The fourth-order valence-corrected chi connectivity index (χ4v) is 8.84. The molecule has 0 radical (unpaired) electrons. The number of hydrogen-bond acceptors (Lipinski definition) is 10. The largest absolute Gasteiger partial charge is 0.304 e. The first-order valence-electron chi connectivity index (χ1n) is 13.6. The molecule has 224 valence electrons. The van der Waals surface area contributed by atoms with Gasteiger partial charge in [-0.2, -0.15) is 16.8 Å². The van der Waals surface area contributed by atoms with Crippen molar-refractivity contribution in [3.05, 3.63) is 68.8 Å². The van der Waals surface area contributed by atoms with Crippen LogP contribution in [0.15, 0.2) is 58.3 Å². The molecule has 41 heavy (non-hydrogen) atoms. The molecular weight excluding hydrogens is 576 g/mol. The fraction of sp³-hybridized carbons (Fsp3) is 0.556. The van der Waals surface area contributed by atoms with Crippen LogP contribution in [0.25, 0.3) is 0 Å². The number of nitro groups is 2. The van der Waals surface area contributed by atoms with Crippen molar-refractivity contribution in [2.24, 2.45) is 17.3 Å². The summed E-state index contributed by atoms with van der Waals surface area (Å²) >= 11 is 0. The molecule has 0 aromatic heterocycles. The Labute approximate surface area is 239 Å². The van der Waals surface area contributed by atoms with E-state index in [0.717, 1.165) is 37.8 Å². The molecule has 2 fully saturated rings. The van der Waals surface area contributed by atoms with Gasteiger partial charge in [-0.1, -0.05) is 38.1 Å². The summed E-state index contributed by atoms with van der Waals surface area (Å²) < 4.78 is 62.1. The van der Waals surface area contributed by atoms with Gasteiger partial charge in [-0.05, 0) is 80.8 Å². The summed E-state index contributed by atoms with van der Waals surface area (Å²) in [4.78, 5) is 20.2. The second-order valence-corrected chi connectivity index (χ2v) is 14.4. The summed E-state index contributed by atoms with van der Waals surface area (Å²) in [7, 11) is -8.60. The maximum absolute atomic E-state index is 12.8. The molecule has 14 heteroatoms. The maximum Gasteiger partial charge on any atom is 0.304 e. The first-order chi connectivity index (χ1) is 19.2. The van der Waals surface area contributed by atoms with Gasteiger partial charge < -0.3 is 0 Å². The third-order valence-corrected chi connectivity index (χ3v) is 11.5. The normalized spacial score (nSPS) is 24.0. The number of benzene rings is 2. The first kappa shape index (κ1) is 31.0. The molecule has 0 saturated heterocycles. The van der Waals surface area contributed by atoms with Crippen LogP contribution in [0.1, 0.15) is 65.2 Å². The van der Waals surface area contributed by atoms with Crippen LogP contribution >= 0.6 is 0 Å². The Morgan fingerprint density at radius 1 is 0.634 bits per heavy atom. The smallest absolute Gasteiger partial charge is 0.263 e. The molecule has 0 unspecified atom stereocenters. The monoisotopic (exact) mass is 610 g/mol. The minimum atomic E-state index is -4.30. The molecule has 12 nitrogen and oxygen atoms in total. The van der Waals surface area contributed by atoms with Crippen molar-refractivity contribution in [2.45, 2.75) is 87.2 Å². The van der Waals surface area contributed by atoms with E-state index < -0.39 is 63.5 Å². The summed E-state index contributed by atoms with van der Waals surface area (Å²) in [6.45, 7) is 4.36. The van der Waals surface area contributed by atoms with Gasteiger partial charge in [0.25, 0.3) is 11.4 Å². The fourth-order valence-electron chi connectivity index (χ4n) is 6.24. The van der Waals surface area contributed by atoms with Crippen LogP contribution in [-0.4, -0.2) is 38.9 Å². The van der Waals surface area contributed by atoms with E-state index in [-0.39, 0.29) is 17.3 Å². The van der Waals surface area contributed by atoms with Crippen LogP contribution < -0.4 is 0 Å². The highest BCUT2D eigenvalue weighted by atomic mass is 32.2. The zero-order valence-corrected chi connectivity index (χ0v) is 24.5. The van der Waals surface area contributed by atoms with E-state index in [4.69, 9.17) is 8.37 Å². The van der Waals surface area contributed by atoms with Crippen molar-refractivity contribution in [1.82, 2.24) is 0 Å².